The number of rotatable bonds is 0. The Morgan fingerprint density at radius 1 is 0.833 bits per heavy atom. The molecular formula is C11H27N. The van der Waals surface area contributed by atoms with E-state index in [1.54, 1.807) is 0 Å². The Hall–Kier alpha value is -0.0400. The Morgan fingerprint density at radius 3 is 1.17 bits per heavy atom. The summed E-state index contributed by atoms with van der Waals surface area (Å²) in [4.78, 5) is 2.36. The van der Waals surface area contributed by atoms with Crippen molar-refractivity contribution in [1.29, 1.82) is 0 Å². The molecule has 0 spiro atoms. The molecule has 1 aliphatic heterocycles. The lowest BCUT2D eigenvalue weighted by atomic mass is 10.4. The highest BCUT2D eigenvalue weighted by Crippen LogP contribution is 2.01. The van der Waals surface area contributed by atoms with Crippen molar-refractivity contribution >= 4 is 0 Å². The molecule has 76 valence electrons. The molecule has 0 N–H and O–H groups in total. The molecule has 1 rings (SSSR count). The molecule has 1 saturated heterocycles. The average molecular weight is 173 g/mol. The molecule has 1 nitrogen and oxygen atoms in total. The summed E-state index contributed by atoms with van der Waals surface area (Å²) in [7, 11) is 2.17. The monoisotopic (exact) mass is 173 g/mol. The molecule has 0 aliphatic carbocycles. The van der Waals surface area contributed by atoms with Crippen LogP contribution < -0.4 is 0 Å². The van der Waals surface area contributed by atoms with Gasteiger partial charge in [0.2, 0.25) is 0 Å². The Labute approximate surface area is 79.2 Å². The van der Waals surface area contributed by atoms with Crippen molar-refractivity contribution in [2.75, 3.05) is 20.1 Å². The van der Waals surface area contributed by atoms with Crippen LogP contribution in [0.1, 0.15) is 53.4 Å². The fourth-order valence-corrected chi connectivity index (χ4v) is 0.875. The molecule has 1 aliphatic rings. The normalized spacial score (nSPS) is 15.8. The van der Waals surface area contributed by atoms with E-state index in [4.69, 9.17) is 0 Å². The van der Waals surface area contributed by atoms with Gasteiger partial charge in [-0.1, -0.05) is 40.5 Å². The van der Waals surface area contributed by atoms with Crippen LogP contribution in [0.2, 0.25) is 0 Å². The molecule has 0 aromatic rings. The molecule has 0 atom stereocenters. The third kappa shape index (κ3) is 16.5. The Balaban J connectivity index is 0. The van der Waals surface area contributed by atoms with Crippen LogP contribution >= 0.6 is 0 Å². The summed E-state index contributed by atoms with van der Waals surface area (Å²) in [6, 6.07) is 0. The van der Waals surface area contributed by atoms with Crippen molar-refractivity contribution in [1.82, 2.24) is 4.90 Å². The van der Waals surface area contributed by atoms with Crippen molar-refractivity contribution in [3.63, 3.8) is 0 Å². The minimum Gasteiger partial charge on any atom is -0.306 e. The van der Waals surface area contributed by atoms with Crippen LogP contribution in [-0.2, 0) is 0 Å². The second-order valence-corrected chi connectivity index (χ2v) is 3.42. The molecule has 0 aromatic heterocycles. The van der Waals surface area contributed by atoms with E-state index >= 15 is 0 Å². The third-order valence-electron chi connectivity index (χ3n) is 1.33. The Bertz CT molecular complexity index is 54.0. The van der Waals surface area contributed by atoms with Crippen LogP contribution in [0.25, 0.3) is 0 Å². The summed E-state index contributed by atoms with van der Waals surface area (Å²) in [5.74, 6) is 0. The topological polar surface area (TPSA) is 3.24 Å². The van der Waals surface area contributed by atoms with E-state index in [-0.39, 0.29) is 0 Å². The summed E-state index contributed by atoms with van der Waals surface area (Å²) < 4.78 is 0. The van der Waals surface area contributed by atoms with Crippen LogP contribution in [-0.4, -0.2) is 25.0 Å². The lowest BCUT2D eigenvalue weighted by Gasteiger charge is -2.01. The molecule has 1 heteroatoms. The van der Waals surface area contributed by atoms with E-state index in [2.05, 4.69) is 39.6 Å². The van der Waals surface area contributed by atoms with E-state index in [9.17, 15) is 0 Å². The molecular weight excluding hydrogens is 146 g/mol. The van der Waals surface area contributed by atoms with Crippen LogP contribution in [0.5, 0.6) is 0 Å². The van der Waals surface area contributed by atoms with Gasteiger partial charge in [-0.05, 0) is 33.0 Å². The van der Waals surface area contributed by atoms with Crippen molar-refractivity contribution in [2.24, 2.45) is 0 Å². The highest BCUT2D eigenvalue weighted by Gasteiger charge is 2.03. The molecule has 1 heterocycles. The summed E-state index contributed by atoms with van der Waals surface area (Å²) in [6.45, 7) is 11.1. The second kappa shape index (κ2) is 13.5. The van der Waals surface area contributed by atoms with Crippen LogP contribution in [0.15, 0.2) is 0 Å². The van der Waals surface area contributed by atoms with Gasteiger partial charge in [0, 0.05) is 0 Å². The van der Waals surface area contributed by atoms with E-state index in [0.29, 0.717) is 0 Å². The predicted molar refractivity (Wildman–Crippen MR) is 58.7 cm³/mol. The predicted octanol–water partition coefficient (Wildman–Crippen LogP) is 3.54. The number of likely N-dealkylation sites (tertiary alicyclic amines) is 1. The SMILES string of the molecule is CCC.CCC.CN1CCCC1. The largest absolute Gasteiger partial charge is 0.306 e. The maximum absolute atomic E-state index is 2.36. The van der Waals surface area contributed by atoms with Crippen LogP contribution in [0.4, 0.5) is 0 Å². The first-order valence-electron chi connectivity index (χ1n) is 5.41. The van der Waals surface area contributed by atoms with Crippen molar-refractivity contribution < 1.29 is 0 Å². The maximum Gasteiger partial charge on any atom is -0.00213 e. The third-order valence-corrected chi connectivity index (χ3v) is 1.33. The van der Waals surface area contributed by atoms with Gasteiger partial charge in [0.1, 0.15) is 0 Å². The number of hydrogen-bond donors (Lipinski definition) is 0. The lowest BCUT2D eigenvalue weighted by Crippen LogP contribution is -2.10. The molecule has 12 heavy (non-hydrogen) atoms. The minimum atomic E-state index is 1.25. The molecule has 0 amide bonds. The number of nitrogens with zero attached hydrogens (tertiary/aromatic N) is 1. The second-order valence-electron chi connectivity index (χ2n) is 3.42. The Morgan fingerprint density at radius 2 is 1.08 bits per heavy atom. The standard InChI is InChI=1S/C5H11N.2C3H8/c1-6-4-2-3-5-6;2*1-3-2/h2-5H2,1H3;2*3H2,1-2H3. The van der Waals surface area contributed by atoms with Gasteiger partial charge in [0.15, 0.2) is 0 Å². The van der Waals surface area contributed by atoms with Crippen molar-refractivity contribution in [3.8, 4) is 0 Å². The highest BCUT2D eigenvalue weighted by molar-refractivity contribution is 4.59. The minimum absolute atomic E-state index is 1.25. The maximum atomic E-state index is 2.36. The van der Waals surface area contributed by atoms with E-state index in [1.165, 1.54) is 38.8 Å². The molecule has 0 radical (unpaired) electrons. The highest BCUT2D eigenvalue weighted by atomic mass is 15.1. The van der Waals surface area contributed by atoms with Crippen LogP contribution in [0.3, 0.4) is 0 Å². The average Bonchev–Trinajstić information content (AvgIpc) is 2.43. The van der Waals surface area contributed by atoms with Gasteiger partial charge in [0.05, 0.1) is 0 Å². The quantitative estimate of drug-likeness (QED) is 0.541. The van der Waals surface area contributed by atoms with Crippen LogP contribution in [0, 0.1) is 0 Å². The van der Waals surface area contributed by atoms with Gasteiger partial charge >= 0.3 is 0 Å². The first-order valence-corrected chi connectivity index (χ1v) is 5.41. The van der Waals surface area contributed by atoms with E-state index in [1.807, 2.05) is 0 Å². The summed E-state index contributed by atoms with van der Waals surface area (Å²) in [6.07, 6.45) is 5.33. The van der Waals surface area contributed by atoms with Gasteiger partial charge < -0.3 is 4.90 Å². The van der Waals surface area contributed by atoms with Gasteiger partial charge in [-0.15, -0.1) is 0 Å². The van der Waals surface area contributed by atoms with Gasteiger partial charge in [-0.2, -0.15) is 0 Å². The summed E-state index contributed by atoms with van der Waals surface area (Å²) >= 11 is 0. The first-order chi connectivity index (χ1) is 5.72. The van der Waals surface area contributed by atoms with E-state index in [0.717, 1.165) is 0 Å². The first kappa shape index (κ1) is 14.5. The summed E-state index contributed by atoms with van der Waals surface area (Å²) in [5, 5.41) is 0. The molecule has 0 saturated carbocycles. The number of hydrogen-bond acceptors (Lipinski definition) is 1. The van der Waals surface area contributed by atoms with E-state index < -0.39 is 0 Å². The molecule has 0 aromatic carbocycles. The van der Waals surface area contributed by atoms with Gasteiger partial charge in [-0.3, -0.25) is 0 Å². The fraction of sp³-hybridized carbons (Fsp3) is 1.00. The summed E-state index contributed by atoms with van der Waals surface area (Å²) in [5.41, 5.74) is 0. The fourth-order valence-electron chi connectivity index (χ4n) is 0.875. The lowest BCUT2D eigenvalue weighted by molar-refractivity contribution is 0.418. The molecule has 0 unspecified atom stereocenters. The molecule has 0 bridgehead atoms. The zero-order chi connectivity index (χ0) is 9.82. The van der Waals surface area contributed by atoms with Gasteiger partial charge in [-0.25, -0.2) is 0 Å². The van der Waals surface area contributed by atoms with Crippen molar-refractivity contribution in [2.45, 2.75) is 53.4 Å². The molecule has 1 fully saturated rings. The zero-order valence-corrected chi connectivity index (χ0v) is 9.69. The van der Waals surface area contributed by atoms with Gasteiger partial charge in [0.25, 0.3) is 0 Å². The van der Waals surface area contributed by atoms with Crippen molar-refractivity contribution in [3.05, 3.63) is 0 Å². The Kier molecular flexibility index (Phi) is 16.3. The smallest absolute Gasteiger partial charge is 0.00213 e. The zero-order valence-electron chi connectivity index (χ0n) is 9.69.